The van der Waals surface area contributed by atoms with Gasteiger partial charge in [-0.1, -0.05) is 29.8 Å². The first kappa shape index (κ1) is 27.0. The molecule has 2 saturated carbocycles. The molecule has 38 heavy (non-hydrogen) atoms. The third-order valence-corrected chi connectivity index (χ3v) is 9.04. The van der Waals surface area contributed by atoms with E-state index in [1.807, 2.05) is 30.3 Å². The van der Waals surface area contributed by atoms with Crippen molar-refractivity contribution >= 4 is 31.7 Å². The molecule has 2 N–H and O–H groups in total. The highest BCUT2D eigenvalue weighted by Gasteiger charge is 2.48. The summed E-state index contributed by atoms with van der Waals surface area (Å²) in [4.78, 5) is 4.26. The van der Waals surface area contributed by atoms with Gasteiger partial charge < -0.3 is 9.47 Å². The molecule has 9 nitrogen and oxygen atoms in total. The highest BCUT2D eigenvalue weighted by Crippen LogP contribution is 2.53. The Kier molecular flexibility index (Phi) is 7.51. The highest BCUT2D eigenvalue weighted by molar-refractivity contribution is 7.89. The number of sulfonamides is 1. The highest BCUT2D eigenvalue weighted by atomic mass is 35.5. The van der Waals surface area contributed by atoms with E-state index in [2.05, 4.69) is 9.71 Å². The number of aromatic nitrogens is 1. The van der Waals surface area contributed by atoms with E-state index in [4.69, 9.17) is 25.6 Å². The second-order valence-corrected chi connectivity index (χ2v) is 13.2. The van der Waals surface area contributed by atoms with Gasteiger partial charge in [0, 0.05) is 35.1 Å². The number of pyridine rings is 1. The third kappa shape index (κ3) is 6.36. The maximum atomic E-state index is 12.6. The molecule has 0 aliphatic heterocycles. The Bertz CT molecular complexity index is 1550. The minimum Gasteiger partial charge on any atom is -0.490 e. The number of halogens is 1. The van der Waals surface area contributed by atoms with Gasteiger partial charge in [-0.25, -0.2) is 13.1 Å². The fourth-order valence-corrected chi connectivity index (χ4v) is 5.93. The lowest BCUT2D eigenvalue weighted by atomic mass is 9.96. The summed E-state index contributed by atoms with van der Waals surface area (Å²) in [7, 11) is -8.33. The predicted molar refractivity (Wildman–Crippen MR) is 142 cm³/mol. The van der Waals surface area contributed by atoms with Crippen LogP contribution in [0.1, 0.15) is 36.8 Å². The Hall–Kier alpha value is -2.54. The van der Waals surface area contributed by atoms with Crippen molar-refractivity contribution < 1.29 is 30.9 Å². The van der Waals surface area contributed by atoms with Gasteiger partial charge in [-0.2, -0.15) is 8.42 Å². The third-order valence-electron chi connectivity index (χ3n) is 6.49. The second kappa shape index (κ2) is 10.6. The summed E-state index contributed by atoms with van der Waals surface area (Å²) in [5.74, 6) is 0.0846. The molecule has 1 aromatic heterocycles. The summed E-state index contributed by atoms with van der Waals surface area (Å²) >= 11 is 6.37. The zero-order valence-electron chi connectivity index (χ0n) is 20.3. The molecule has 0 unspecified atom stereocenters. The molecule has 0 bridgehead atoms. The first-order valence-corrected chi connectivity index (χ1v) is 15.6. The molecule has 0 radical (unpaired) electrons. The average Bonchev–Trinajstić information content (AvgIpc) is 3.80. The Balaban J connectivity index is 1.36. The van der Waals surface area contributed by atoms with Gasteiger partial charge in [0.15, 0.2) is 0 Å². The second-order valence-electron chi connectivity index (χ2n) is 9.45. The van der Waals surface area contributed by atoms with Crippen molar-refractivity contribution in [3.8, 4) is 16.9 Å². The standard InChI is InChI=1S/C26H27ClN2O7S2/c27-24-8-7-20(38(33,34)29-13-14-37(30,31)32)15-18(24)17-35-26(10-11-26)23-16-28-12-9-21(23)22-3-1-2-4-25(22)36-19-5-6-19/h1-4,7-9,12,15-16,19,29H,5-6,10-11,13-14,17H2,(H,30,31,32). The van der Waals surface area contributed by atoms with Crippen LogP contribution in [0.15, 0.2) is 65.8 Å². The summed E-state index contributed by atoms with van der Waals surface area (Å²) < 4.78 is 70.7. The maximum Gasteiger partial charge on any atom is 0.266 e. The lowest BCUT2D eigenvalue weighted by molar-refractivity contribution is 0.0173. The Labute approximate surface area is 227 Å². The van der Waals surface area contributed by atoms with Crippen LogP contribution in [-0.4, -0.2) is 44.8 Å². The molecular formula is C26H27ClN2O7S2. The molecule has 0 amide bonds. The van der Waals surface area contributed by atoms with E-state index in [1.165, 1.54) is 18.2 Å². The van der Waals surface area contributed by atoms with Gasteiger partial charge in [0.05, 0.1) is 29.0 Å². The van der Waals surface area contributed by atoms with E-state index in [0.717, 1.165) is 48.1 Å². The number of rotatable bonds is 12. The van der Waals surface area contributed by atoms with Gasteiger partial charge in [-0.15, -0.1) is 0 Å². The van der Waals surface area contributed by atoms with E-state index in [9.17, 15) is 16.8 Å². The Morgan fingerprint density at radius 1 is 1.05 bits per heavy atom. The van der Waals surface area contributed by atoms with Crippen LogP contribution in [-0.2, 0) is 37.1 Å². The van der Waals surface area contributed by atoms with Gasteiger partial charge in [0.25, 0.3) is 10.1 Å². The smallest absolute Gasteiger partial charge is 0.266 e. The molecule has 1 heterocycles. The lowest BCUT2D eigenvalue weighted by Gasteiger charge is -2.22. The predicted octanol–water partition coefficient (Wildman–Crippen LogP) is 4.32. The van der Waals surface area contributed by atoms with E-state index >= 15 is 0 Å². The molecule has 0 saturated heterocycles. The van der Waals surface area contributed by atoms with Crippen LogP contribution >= 0.6 is 11.6 Å². The molecule has 12 heteroatoms. The van der Waals surface area contributed by atoms with Crippen LogP contribution in [0.4, 0.5) is 0 Å². The minimum absolute atomic E-state index is 0.0573. The number of benzene rings is 2. The summed E-state index contributed by atoms with van der Waals surface area (Å²) in [6, 6.07) is 14.0. The molecule has 5 rings (SSSR count). The Morgan fingerprint density at radius 3 is 2.53 bits per heavy atom. The first-order valence-electron chi connectivity index (χ1n) is 12.1. The van der Waals surface area contributed by atoms with Crippen molar-refractivity contribution in [3.05, 3.63) is 77.1 Å². The van der Waals surface area contributed by atoms with Crippen LogP contribution < -0.4 is 9.46 Å². The zero-order valence-corrected chi connectivity index (χ0v) is 22.7. The van der Waals surface area contributed by atoms with Gasteiger partial charge in [0.1, 0.15) is 5.75 Å². The van der Waals surface area contributed by atoms with Crippen molar-refractivity contribution in [1.29, 1.82) is 0 Å². The number of ether oxygens (including phenoxy) is 2. The summed E-state index contributed by atoms with van der Waals surface area (Å²) in [6.07, 6.45) is 7.43. The van der Waals surface area contributed by atoms with Crippen LogP contribution in [0.25, 0.3) is 11.1 Å². The van der Waals surface area contributed by atoms with Crippen molar-refractivity contribution in [3.63, 3.8) is 0 Å². The fourth-order valence-electron chi connectivity index (χ4n) is 4.19. The van der Waals surface area contributed by atoms with E-state index in [-0.39, 0.29) is 17.6 Å². The normalized spacial score (nSPS) is 16.8. The fraction of sp³-hybridized carbons (Fsp3) is 0.346. The average molecular weight is 579 g/mol. The van der Waals surface area contributed by atoms with Gasteiger partial charge in [0.2, 0.25) is 10.0 Å². The number of hydrogen-bond donors (Lipinski definition) is 2. The van der Waals surface area contributed by atoms with Crippen LogP contribution in [0, 0.1) is 0 Å². The van der Waals surface area contributed by atoms with Crippen LogP contribution in [0.5, 0.6) is 5.75 Å². The van der Waals surface area contributed by atoms with Crippen molar-refractivity contribution in [2.75, 3.05) is 12.3 Å². The van der Waals surface area contributed by atoms with Crippen LogP contribution in [0.2, 0.25) is 5.02 Å². The molecule has 2 fully saturated rings. The minimum atomic E-state index is -4.30. The lowest BCUT2D eigenvalue weighted by Crippen LogP contribution is -2.29. The molecule has 2 aliphatic carbocycles. The van der Waals surface area contributed by atoms with E-state index in [0.29, 0.717) is 10.6 Å². The van der Waals surface area contributed by atoms with Gasteiger partial charge in [-0.3, -0.25) is 9.54 Å². The largest absolute Gasteiger partial charge is 0.490 e. The summed E-state index contributed by atoms with van der Waals surface area (Å²) in [6.45, 7) is -0.407. The zero-order chi connectivity index (χ0) is 27.0. The molecule has 0 spiro atoms. The van der Waals surface area contributed by atoms with Crippen LogP contribution in [0.3, 0.4) is 0 Å². The number of nitrogens with one attached hydrogen (secondary N) is 1. The number of hydrogen-bond acceptors (Lipinski definition) is 7. The quantitative estimate of drug-likeness (QED) is 0.304. The van der Waals surface area contributed by atoms with E-state index in [1.54, 1.807) is 12.4 Å². The van der Waals surface area contributed by atoms with Crippen molar-refractivity contribution in [2.24, 2.45) is 0 Å². The van der Waals surface area contributed by atoms with Crippen molar-refractivity contribution in [1.82, 2.24) is 9.71 Å². The van der Waals surface area contributed by atoms with Gasteiger partial charge in [-0.05, 0) is 67.1 Å². The monoisotopic (exact) mass is 578 g/mol. The van der Waals surface area contributed by atoms with E-state index < -0.39 is 38.0 Å². The van der Waals surface area contributed by atoms with Gasteiger partial charge >= 0.3 is 0 Å². The molecular weight excluding hydrogens is 552 g/mol. The SMILES string of the molecule is O=S(=O)(O)CCNS(=O)(=O)c1ccc(Cl)c(COC2(c3cnccc3-c3ccccc3OC3CC3)CC2)c1. The molecule has 202 valence electrons. The molecule has 2 aliphatic rings. The van der Waals surface area contributed by atoms with Crippen molar-refractivity contribution in [2.45, 2.75) is 48.9 Å². The molecule has 2 aromatic carbocycles. The topological polar surface area (TPSA) is 132 Å². The summed E-state index contributed by atoms with van der Waals surface area (Å²) in [5.41, 5.74) is 2.74. The molecule has 3 aromatic rings. The number of para-hydroxylation sites is 1. The number of nitrogens with zero attached hydrogens (tertiary/aromatic N) is 1. The first-order chi connectivity index (χ1) is 18.1. The Morgan fingerprint density at radius 2 is 1.82 bits per heavy atom. The molecule has 0 atom stereocenters. The maximum absolute atomic E-state index is 12.6. The summed E-state index contributed by atoms with van der Waals surface area (Å²) in [5, 5.41) is 0.340.